The van der Waals surface area contributed by atoms with E-state index in [1.165, 1.54) is 0 Å². The molecule has 0 fully saturated rings. The van der Waals surface area contributed by atoms with E-state index in [2.05, 4.69) is 0 Å². The zero-order valence-electron chi connectivity index (χ0n) is 4.14. The van der Waals surface area contributed by atoms with Gasteiger partial charge in [0.05, 0.1) is 0 Å². The number of hydrogen-bond acceptors (Lipinski definition) is 3. The maximum atomic E-state index is 7.90. The third-order valence-electron chi connectivity index (χ3n) is 0.202. The first-order valence-corrected chi connectivity index (χ1v) is 4.37. The largest absolute Gasteiger partial charge is 0 e. The Kier molecular flexibility index (Phi) is 9.13. The minimum absolute atomic E-state index is 0. The molecule has 0 aliphatic rings. The van der Waals surface area contributed by atoms with Gasteiger partial charge in [0.2, 0.25) is 0 Å². The first-order valence-electron chi connectivity index (χ1n) is 1.12. The quantitative estimate of drug-likeness (QED) is 0.571. The monoisotopic (exact) mass is 282 g/mol. The zero-order chi connectivity index (χ0) is 5.70. The summed E-state index contributed by atoms with van der Waals surface area (Å²) in [4.78, 5) is 0. The zero-order valence-corrected chi connectivity index (χ0v) is 6.31. The van der Waals surface area contributed by atoms with Crippen LogP contribution in [0.25, 0.3) is 0 Å². The smallest absolute Gasteiger partial charge is 0 e. The molecule has 0 unspecified atom stereocenters. The van der Waals surface area contributed by atoms with Crippen LogP contribution < -0.4 is 0 Å². The van der Waals surface area contributed by atoms with Crippen LogP contribution in [0.2, 0.25) is 0 Å². The van der Waals surface area contributed by atoms with Gasteiger partial charge in [-0.3, -0.25) is 0 Å². The van der Waals surface area contributed by atoms with Crippen LogP contribution in [-0.4, -0.2) is 18.9 Å². The molecular weight excluding hydrogens is 282 g/mol. The fourth-order valence-corrected chi connectivity index (χ4v) is 0.370. The molecule has 0 aromatic heterocycles. The first kappa shape index (κ1) is 10.7. The van der Waals surface area contributed by atoms with Crippen LogP contribution in [0.5, 0.6) is 0 Å². The van der Waals surface area contributed by atoms with Crippen molar-refractivity contribution in [2.45, 2.75) is 0 Å². The molecule has 0 saturated heterocycles. The van der Waals surface area contributed by atoms with Crippen LogP contribution in [0, 0.1) is 28.6 Å². The van der Waals surface area contributed by atoms with Crippen molar-refractivity contribution in [1.82, 2.24) is 0 Å². The van der Waals surface area contributed by atoms with Gasteiger partial charge in [-0.25, -0.2) is 0 Å². The predicted octanol–water partition coefficient (Wildman–Crippen LogP) is -0.333. The molecule has 8 heavy (non-hydrogen) atoms. The molecule has 0 heterocycles. The molecule has 5 heteroatoms. The summed E-state index contributed by atoms with van der Waals surface area (Å²) in [5.41, 5.74) is 0. The normalized spacial score (nSPS) is 6.38. The van der Waals surface area contributed by atoms with Crippen LogP contribution in [0.1, 0.15) is 0 Å². The molecule has 0 saturated carbocycles. The molecule has 0 spiro atoms. The van der Waals surface area contributed by atoms with Crippen molar-refractivity contribution < 1.29 is 18.4 Å². The van der Waals surface area contributed by atoms with Crippen molar-refractivity contribution in [3.05, 3.63) is 0 Å². The van der Waals surface area contributed by atoms with Crippen LogP contribution in [0.15, 0.2) is 0 Å². The van der Waals surface area contributed by atoms with E-state index in [0.717, 1.165) is 0 Å². The van der Waals surface area contributed by atoms with Crippen LogP contribution in [0.4, 0.5) is 0 Å². The Labute approximate surface area is 65.8 Å². The molecule has 1 radical (unpaired) electrons. The van der Waals surface area contributed by atoms with E-state index in [9.17, 15) is 0 Å². The van der Waals surface area contributed by atoms with E-state index in [0.29, 0.717) is 0 Å². The van der Waals surface area contributed by atoms with Gasteiger partial charge in [0.15, 0.2) is 0 Å². The summed E-state index contributed by atoms with van der Waals surface area (Å²) in [5.74, 6) is 0. The van der Waals surface area contributed by atoms with Gasteiger partial charge < -0.3 is 0 Å². The Morgan fingerprint density at radius 1 is 0.875 bits per heavy atom. The van der Waals surface area contributed by atoms with Gasteiger partial charge in [-0.1, -0.05) is 0 Å². The minimum atomic E-state index is -2.33. The summed E-state index contributed by atoms with van der Waals surface area (Å²) in [6.07, 6.45) is 0. The molecule has 0 aromatic carbocycles. The maximum absolute atomic E-state index is 7.90. The van der Waals surface area contributed by atoms with E-state index in [1.54, 1.807) is 12.9 Å². The molecule has 0 N–H and O–H groups in total. The Morgan fingerprint density at radius 2 is 1.12 bits per heavy atom. The van der Waals surface area contributed by atoms with E-state index in [4.69, 9.17) is 15.8 Å². The Morgan fingerprint density at radius 3 is 1.12 bits per heavy atom. The van der Waals surface area contributed by atoms with Crippen LogP contribution in [-0.2, 0) is 18.4 Å². The fourth-order valence-electron chi connectivity index (χ4n) is 0.0452. The number of hydrogen-bond donors (Lipinski definition) is 0. The van der Waals surface area contributed by atoms with Crippen molar-refractivity contribution in [2.24, 2.45) is 0 Å². The standard InChI is InChI=1S/3CN.Au.Li/c3*1-2;;. The summed E-state index contributed by atoms with van der Waals surface area (Å²) >= 11 is -2.33. The number of rotatable bonds is 0. The van der Waals surface area contributed by atoms with E-state index in [1.807, 2.05) is 0 Å². The molecule has 0 aromatic rings. The average Bonchev–Trinajstić information content (AvgIpc) is 1.72. The Balaban J connectivity index is 0. The van der Waals surface area contributed by atoms with Gasteiger partial charge in [0, 0.05) is 18.9 Å². The molecular formula is C3AuLiN3. The summed E-state index contributed by atoms with van der Waals surface area (Å²) < 4.78 is 4.88. The summed E-state index contributed by atoms with van der Waals surface area (Å²) in [6.45, 7) is 0. The van der Waals surface area contributed by atoms with E-state index in [-0.39, 0.29) is 18.9 Å². The van der Waals surface area contributed by atoms with Crippen LogP contribution >= 0.6 is 0 Å². The Bertz CT molecular complexity index is 137. The number of nitriles is 3. The summed E-state index contributed by atoms with van der Waals surface area (Å²) in [6, 6.07) is 0. The number of nitrogens with zero attached hydrogens (tertiary/aromatic N) is 3. The van der Waals surface area contributed by atoms with Crippen LogP contribution in [0.3, 0.4) is 0 Å². The van der Waals surface area contributed by atoms with Crippen molar-refractivity contribution in [2.75, 3.05) is 0 Å². The van der Waals surface area contributed by atoms with Crippen molar-refractivity contribution >= 4 is 18.9 Å². The second-order valence-corrected chi connectivity index (χ2v) is 3.51. The maximum Gasteiger partial charge on any atom is 0 e. The third-order valence-corrected chi connectivity index (χ3v) is 1.66. The average molecular weight is 282 g/mol. The first-order chi connectivity index (χ1) is 3.35. The van der Waals surface area contributed by atoms with E-state index >= 15 is 0 Å². The molecule has 0 rings (SSSR count). The summed E-state index contributed by atoms with van der Waals surface area (Å²) in [7, 11) is 0. The molecule has 0 bridgehead atoms. The molecule has 0 aliphatic carbocycles. The van der Waals surface area contributed by atoms with Crippen molar-refractivity contribution in [3.63, 3.8) is 0 Å². The van der Waals surface area contributed by atoms with Gasteiger partial charge in [-0.2, -0.15) is 0 Å². The molecule has 39 valence electrons. The Hall–Kier alpha value is -0.192. The second-order valence-electron chi connectivity index (χ2n) is 0.428. The van der Waals surface area contributed by atoms with Crippen molar-refractivity contribution in [3.8, 4) is 12.9 Å². The molecule has 0 aliphatic heterocycles. The third kappa shape index (κ3) is 3.98. The van der Waals surface area contributed by atoms with Gasteiger partial charge in [-0.15, -0.1) is 0 Å². The topological polar surface area (TPSA) is 71.4 Å². The van der Waals surface area contributed by atoms with Crippen molar-refractivity contribution in [1.29, 1.82) is 15.8 Å². The second kappa shape index (κ2) is 6.81. The molecule has 0 amide bonds. The fraction of sp³-hybridized carbons (Fsp3) is 0. The minimum Gasteiger partial charge on any atom is 0 e. The van der Waals surface area contributed by atoms with E-state index < -0.39 is 18.4 Å². The molecule has 0 atom stereocenters. The van der Waals surface area contributed by atoms with Gasteiger partial charge in [-0.05, 0) is 0 Å². The van der Waals surface area contributed by atoms with Gasteiger partial charge >= 0.3 is 47.1 Å². The van der Waals surface area contributed by atoms with Gasteiger partial charge in [0.25, 0.3) is 0 Å². The molecule has 3 nitrogen and oxygen atoms in total. The SMILES string of the molecule is N#[C][Au]([C]#N)[C]#N.[Li]. The predicted molar refractivity (Wildman–Crippen MR) is 22.6 cm³/mol. The summed E-state index contributed by atoms with van der Waals surface area (Å²) in [5, 5.41) is 23.7. The van der Waals surface area contributed by atoms with Gasteiger partial charge in [0.1, 0.15) is 0 Å².